The quantitative estimate of drug-likeness (QED) is 0.417. The molecule has 0 saturated heterocycles. The zero-order chi connectivity index (χ0) is 7.11. The molecule has 0 spiro atoms. The van der Waals surface area contributed by atoms with Crippen molar-refractivity contribution in [3.63, 3.8) is 0 Å². The topological polar surface area (TPSA) is 54.4 Å². The molecule has 0 aliphatic heterocycles. The lowest BCUT2D eigenvalue weighted by Crippen LogP contribution is -1.95. The maximum Gasteiger partial charge on any atom is 0.158 e. The first-order valence-corrected chi connectivity index (χ1v) is 2.56. The lowest BCUT2D eigenvalue weighted by Gasteiger charge is -1.84. The molecule has 9 heavy (non-hydrogen) atoms. The molecule has 0 saturated carbocycles. The second kappa shape index (κ2) is 5.18. The van der Waals surface area contributed by atoms with E-state index in [2.05, 4.69) is 0 Å². The molecule has 0 radical (unpaired) electrons. The van der Waals surface area contributed by atoms with E-state index in [0.717, 1.165) is 12.2 Å². The Kier molecular flexibility index (Phi) is 4.63. The summed E-state index contributed by atoms with van der Waals surface area (Å²) in [7, 11) is 0. The first kappa shape index (κ1) is 8.04. The summed E-state index contributed by atoms with van der Waals surface area (Å²) in [4.78, 5) is 20.0. The summed E-state index contributed by atoms with van der Waals surface area (Å²) in [5, 5.41) is 8.19. The van der Waals surface area contributed by atoms with Crippen molar-refractivity contribution >= 4 is 12.1 Å². The number of aldehydes is 1. The maximum atomic E-state index is 10.4. The number of aliphatic hydroxyl groups is 1. The van der Waals surface area contributed by atoms with Crippen molar-refractivity contribution in [2.75, 3.05) is 6.61 Å². The second-order valence-corrected chi connectivity index (χ2v) is 1.44. The smallest absolute Gasteiger partial charge is 0.158 e. The summed E-state index contributed by atoms with van der Waals surface area (Å²) >= 11 is 0. The molecule has 0 heterocycles. The van der Waals surface area contributed by atoms with Crippen LogP contribution in [0.25, 0.3) is 0 Å². The molecular formula is C6H8O3. The van der Waals surface area contributed by atoms with Crippen molar-refractivity contribution in [1.29, 1.82) is 0 Å². The number of hydrogen-bond acceptors (Lipinski definition) is 3. The summed E-state index contributed by atoms with van der Waals surface area (Å²) in [5.41, 5.74) is 0. The van der Waals surface area contributed by atoms with Gasteiger partial charge in [-0.05, 0) is 12.2 Å². The highest BCUT2D eigenvalue weighted by molar-refractivity contribution is 5.92. The number of carbonyl (C=O) groups excluding carboxylic acids is 2. The molecule has 3 heteroatoms. The van der Waals surface area contributed by atoms with Crippen molar-refractivity contribution in [3.8, 4) is 0 Å². The normalized spacial score (nSPS) is 9.89. The number of rotatable bonds is 4. The van der Waals surface area contributed by atoms with Crippen LogP contribution < -0.4 is 0 Å². The monoisotopic (exact) mass is 128 g/mol. The van der Waals surface area contributed by atoms with E-state index >= 15 is 0 Å². The average Bonchev–Trinajstić information content (AvgIpc) is 1.85. The molecule has 0 unspecified atom stereocenters. The molecule has 0 aromatic heterocycles. The first-order valence-electron chi connectivity index (χ1n) is 2.56. The lowest BCUT2D eigenvalue weighted by molar-refractivity contribution is -0.115. The van der Waals surface area contributed by atoms with Crippen LogP contribution in [-0.4, -0.2) is 23.8 Å². The van der Waals surface area contributed by atoms with Crippen LogP contribution in [-0.2, 0) is 9.59 Å². The van der Waals surface area contributed by atoms with Gasteiger partial charge in [-0.25, -0.2) is 0 Å². The molecule has 0 bridgehead atoms. The molecule has 0 amide bonds. The van der Waals surface area contributed by atoms with Crippen LogP contribution in [0.4, 0.5) is 0 Å². The minimum Gasteiger partial charge on any atom is -0.396 e. The third-order valence-corrected chi connectivity index (χ3v) is 0.719. The number of ketones is 1. The minimum atomic E-state index is -0.232. The van der Waals surface area contributed by atoms with Crippen molar-refractivity contribution < 1.29 is 14.7 Å². The molecule has 0 aromatic carbocycles. The Balaban J connectivity index is 3.49. The predicted octanol–water partition coefficient (Wildman–Crippen LogP) is -0.307. The minimum absolute atomic E-state index is 0.0876. The van der Waals surface area contributed by atoms with Gasteiger partial charge in [-0.15, -0.1) is 0 Å². The maximum absolute atomic E-state index is 10.4. The van der Waals surface area contributed by atoms with Crippen molar-refractivity contribution in [3.05, 3.63) is 12.2 Å². The van der Waals surface area contributed by atoms with E-state index in [1.54, 1.807) is 0 Å². The van der Waals surface area contributed by atoms with Crippen LogP contribution in [0.1, 0.15) is 6.42 Å². The van der Waals surface area contributed by atoms with E-state index < -0.39 is 0 Å². The molecule has 50 valence electrons. The summed E-state index contributed by atoms with van der Waals surface area (Å²) in [5.74, 6) is -0.232. The van der Waals surface area contributed by atoms with Gasteiger partial charge in [-0.1, -0.05) is 0 Å². The van der Waals surface area contributed by atoms with E-state index in [0.29, 0.717) is 6.29 Å². The van der Waals surface area contributed by atoms with E-state index in [1.165, 1.54) is 0 Å². The summed E-state index contributed by atoms with van der Waals surface area (Å²) < 4.78 is 0. The van der Waals surface area contributed by atoms with Crippen LogP contribution in [0.3, 0.4) is 0 Å². The molecule has 3 nitrogen and oxygen atoms in total. The van der Waals surface area contributed by atoms with Crippen LogP contribution in [0.15, 0.2) is 12.2 Å². The highest BCUT2D eigenvalue weighted by Crippen LogP contribution is 1.81. The van der Waals surface area contributed by atoms with Gasteiger partial charge < -0.3 is 5.11 Å². The number of allylic oxidation sites excluding steroid dienone is 2. The van der Waals surface area contributed by atoms with E-state index in [-0.39, 0.29) is 18.8 Å². The number of hydrogen-bond donors (Lipinski definition) is 1. The van der Waals surface area contributed by atoms with Crippen LogP contribution in [0.5, 0.6) is 0 Å². The molecule has 0 atom stereocenters. The summed E-state index contributed by atoms with van der Waals surface area (Å²) in [6, 6.07) is 0. The SMILES string of the molecule is O=C/C=C/C(=O)CCO. The molecule has 1 N–H and O–H groups in total. The zero-order valence-corrected chi connectivity index (χ0v) is 4.91. The van der Waals surface area contributed by atoms with Crippen molar-refractivity contribution in [2.45, 2.75) is 6.42 Å². The van der Waals surface area contributed by atoms with Gasteiger partial charge in [0.2, 0.25) is 0 Å². The van der Waals surface area contributed by atoms with Crippen LogP contribution >= 0.6 is 0 Å². The third kappa shape index (κ3) is 4.90. The Bertz CT molecular complexity index is 126. The molecule has 0 rings (SSSR count). The lowest BCUT2D eigenvalue weighted by atomic mass is 10.3. The highest BCUT2D eigenvalue weighted by Gasteiger charge is 1.91. The fourth-order valence-electron chi connectivity index (χ4n) is 0.340. The zero-order valence-electron chi connectivity index (χ0n) is 4.91. The van der Waals surface area contributed by atoms with Crippen LogP contribution in [0.2, 0.25) is 0 Å². The van der Waals surface area contributed by atoms with Crippen LogP contribution in [0, 0.1) is 0 Å². The Morgan fingerprint density at radius 2 is 2.22 bits per heavy atom. The Morgan fingerprint density at radius 3 is 2.67 bits per heavy atom. The van der Waals surface area contributed by atoms with E-state index in [1.807, 2.05) is 0 Å². The van der Waals surface area contributed by atoms with E-state index in [4.69, 9.17) is 5.11 Å². The highest BCUT2D eigenvalue weighted by atomic mass is 16.3. The molecule has 0 aliphatic rings. The summed E-state index contributed by atoms with van der Waals surface area (Å²) in [6.07, 6.45) is 2.86. The Labute approximate surface area is 53.0 Å². The van der Waals surface area contributed by atoms with Gasteiger partial charge in [-0.2, -0.15) is 0 Å². The Hall–Kier alpha value is -0.960. The third-order valence-electron chi connectivity index (χ3n) is 0.719. The fourth-order valence-corrected chi connectivity index (χ4v) is 0.340. The summed E-state index contributed by atoms with van der Waals surface area (Å²) in [6.45, 7) is -0.165. The van der Waals surface area contributed by atoms with Gasteiger partial charge >= 0.3 is 0 Å². The molecule has 0 aliphatic carbocycles. The average molecular weight is 128 g/mol. The standard InChI is InChI=1S/C6H8O3/c7-4-1-2-6(9)3-5-8/h1-2,4,8H,3,5H2/b2-1+. The van der Waals surface area contributed by atoms with Crippen molar-refractivity contribution in [1.82, 2.24) is 0 Å². The predicted molar refractivity (Wildman–Crippen MR) is 31.9 cm³/mol. The largest absolute Gasteiger partial charge is 0.396 e. The van der Waals surface area contributed by atoms with Gasteiger partial charge in [0.05, 0.1) is 6.61 Å². The molecule has 0 fully saturated rings. The van der Waals surface area contributed by atoms with E-state index in [9.17, 15) is 9.59 Å². The molecule has 0 aromatic rings. The first-order chi connectivity index (χ1) is 4.31. The van der Waals surface area contributed by atoms with Gasteiger partial charge in [-0.3, -0.25) is 9.59 Å². The Morgan fingerprint density at radius 1 is 1.56 bits per heavy atom. The fraction of sp³-hybridized carbons (Fsp3) is 0.333. The van der Waals surface area contributed by atoms with Crippen molar-refractivity contribution in [2.24, 2.45) is 0 Å². The van der Waals surface area contributed by atoms with Gasteiger partial charge in [0.1, 0.15) is 6.29 Å². The second-order valence-electron chi connectivity index (χ2n) is 1.44. The van der Waals surface area contributed by atoms with Gasteiger partial charge in [0.25, 0.3) is 0 Å². The number of aliphatic hydroxyl groups excluding tert-OH is 1. The number of carbonyl (C=O) groups is 2. The van der Waals surface area contributed by atoms with Gasteiger partial charge in [0, 0.05) is 6.42 Å². The van der Waals surface area contributed by atoms with Gasteiger partial charge in [0.15, 0.2) is 5.78 Å². The molecular weight excluding hydrogens is 120 g/mol.